The van der Waals surface area contributed by atoms with Crippen LogP contribution in [0, 0.1) is 5.92 Å². The Kier molecular flexibility index (Phi) is 9.60. The molecule has 1 heterocycles. The standard InChI is InChI=1S/C11H12N2O2.C5H11NO2.Mg.2H/c12-9(11(14)15)5-7-6-13-10-4-2-1-3-8(7)10;1-3(2)4(6)5(7)8;;;/h1-4,6,9,13H,5,12H2,(H,14,15);3-4H,6H2,1-2H3,(H,7,8);;;/q;;+2;2*-1. The Morgan fingerprint density at radius 2 is 1.75 bits per heavy atom. The number of carboxylic acids is 2. The number of para-hydroxylation sites is 1. The third-order valence-electron chi connectivity index (χ3n) is 3.44. The average Bonchev–Trinajstić information content (AvgIpc) is 2.90. The zero-order valence-corrected chi connectivity index (χ0v) is 15.3. The normalized spacial score (nSPS) is 12.7. The van der Waals surface area contributed by atoms with Crippen molar-refractivity contribution in [2.24, 2.45) is 17.4 Å². The number of carbonyl (C=O) groups is 2. The fourth-order valence-electron chi connectivity index (χ4n) is 1.91. The summed E-state index contributed by atoms with van der Waals surface area (Å²) in [5, 5.41) is 18.0. The second kappa shape index (κ2) is 10.3. The van der Waals surface area contributed by atoms with Crippen LogP contribution in [0.3, 0.4) is 0 Å². The SMILES string of the molecule is CC(C)C(N)C(=O)O.NC(Cc1c[nH]c2ccccc12)C(=O)O.[H-].[H-].[Mg+2]. The summed E-state index contributed by atoms with van der Waals surface area (Å²) < 4.78 is 0. The van der Waals surface area contributed by atoms with E-state index in [1.807, 2.05) is 30.5 Å². The predicted molar refractivity (Wildman–Crippen MR) is 96.0 cm³/mol. The molecule has 2 unspecified atom stereocenters. The molecular weight excluding hydrogens is 322 g/mol. The molecule has 0 saturated heterocycles. The number of rotatable bonds is 5. The topological polar surface area (TPSA) is 142 Å². The first-order valence-electron chi connectivity index (χ1n) is 7.25. The van der Waals surface area contributed by atoms with Crippen LogP contribution in [0.2, 0.25) is 0 Å². The molecule has 2 aromatic rings. The summed E-state index contributed by atoms with van der Waals surface area (Å²) in [5.74, 6) is -1.88. The minimum absolute atomic E-state index is 0. The van der Waals surface area contributed by atoms with Crippen LogP contribution in [0.4, 0.5) is 0 Å². The largest absolute Gasteiger partial charge is 2.00 e. The van der Waals surface area contributed by atoms with E-state index in [9.17, 15) is 9.59 Å². The summed E-state index contributed by atoms with van der Waals surface area (Å²) in [6.07, 6.45) is 2.16. The molecule has 2 rings (SSSR count). The molecule has 0 fully saturated rings. The number of aromatic nitrogens is 1. The number of nitrogens with one attached hydrogen (secondary N) is 1. The number of aliphatic carboxylic acids is 2. The summed E-state index contributed by atoms with van der Waals surface area (Å²) in [7, 11) is 0. The molecule has 2 atom stereocenters. The third kappa shape index (κ3) is 6.48. The maximum atomic E-state index is 10.6. The molecule has 0 saturated carbocycles. The predicted octanol–water partition coefficient (Wildman–Crippen LogP) is 1.02. The second-order valence-corrected chi connectivity index (χ2v) is 5.62. The average molecular weight is 348 g/mol. The number of aromatic amines is 1. The quantitative estimate of drug-likeness (QED) is 0.511. The van der Waals surface area contributed by atoms with E-state index in [1.54, 1.807) is 13.8 Å². The number of nitrogens with two attached hydrogens (primary N) is 2. The van der Waals surface area contributed by atoms with Gasteiger partial charge in [0.05, 0.1) is 0 Å². The molecule has 0 spiro atoms. The fourth-order valence-corrected chi connectivity index (χ4v) is 1.91. The first-order valence-corrected chi connectivity index (χ1v) is 7.25. The first kappa shape index (κ1) is 22.4. The van der Waals surface area contributed by atoms with Gasteiger partial charge in [-0.2, -0.15) is 0 Å². The molecular formula is C16H25MgN3O4. The van der Waals surface area contributed by atoms with Gasteiger partial charge in [0.1, 0.15) is 12.1 Å². The van der Waals surface area contributed by atoms with Crippen LogP contribution < -0.4 is 11.5 Å². The maximum Gasteiger partial charge on any atom is 2.00 e. The molecule has 0 aliphatic heterocycles. The molecule has 7 N–H and O–H groups in total. The first-order chi connectivity index (χ1) is 10.7. The third-order valence-corrected chi connectivity index (χ3v) is 3.44. The Morgan fingerprint density at radius 3 is 2.21 bits per heavy atom. The van der Waals surface area contributed by atoms with E-state index in [0.29, 0.717) is 6.42 Å². The smallest absolute Gasteiger partial charge is 1.00 e. The van der Waals surface area contributed by atoms with Crippen molar-refractivity contribution in [3.63, 3.8) is 0 Å². The molecule has 1 aromatic carbocycles. The van der Waals surface area contributed by atoms with Gasteiger partial charge in [0, 0.05) is 23.5 Å². The van der Waals surface area contributed by atoms with Crippen LogP contribution in [0.1, 0.15) is 22.3 Å². The number of hydrogen-bond donors (Lipinski definition) is 5. The Hall–Kier alpha value is -1.61. The summed E-state index contributed by atoms with van der Waals surface area (Å²) in [4.78, 5) is 23.7. The van der Waals surface area contributed by atoms with Gasteiger partial charge in [-0.25, -0.2) is 0 Å². The minimum atomic E-state index is -0.972. The van der Waals surface area contributed by atoms with Crippen molar-refractivity contribution >= 4 is 45.9 Å². The van der Waals surface area contributed by atoms with E-state index < -0.39 is 24.0 Å². The van der Waals surface area contributed by atoms with Crippen molar-refractivity contribution in [1.82, 2.24) is 4.98 Å². The van der Waals surface area contributed by atoms with Gasteiger partial charge in [0.15, 0.2) is 0 Å². The Labute approximate surface area is 159 Å². The molecule has 7 nitrogen and oxygen atoms in total. The van der Waals surface area contributed by atoms with Crippen molar-refractivity contribution in [2.45, 2.75) is 32.4 Å². The summed E-state index contributed by atoms with van der Waals surface area (Å²) in [5.41, 5.74) is 12.6. The summed E-state index contributed by atoms with van der Waals surface area (Å²) in [6, 6.07) is 6.20. The van der Waals surface area contributed by atoms with E-state index in [2.05, 4.69) is 4.98 Å². The van der Waals surface area contributed by atoms with Crippen molar-refractivity contribution < 1.29 is 22.7 Å². The zero-order valence-electron chi connectivity index (χ0n) is 15.9. The molecule has 130 valence electrons. The minimum Gasteiger partial charge on any atom is -1.00 e. The molecule has 0 aliphatic carbocycles. The van der Waals surface area contributed by atoms with Crippen LogP contribution in [0.5, 0.6) is 0 Å². The number of H-pyrrole nitrogens is 1. The summed E-state index contributed by atoms with van der Waals surface area (Å²) in [6.45, 7) is 3.55. The van der Waals surface area contributed by atoms with Gasteiger partial charge in [-0.15, -0.1) is 0 Å². The number of benzene rings is 1. The van der Waals surface area contributed by atoms with Crippen LogP contribution in [0.25, 0.3) is 10.9 Å². The molecule has 8 heteroatoms. The van der Waals surface area contributed by atoms with Crippen molar-refractivity contribution in [3.8, 4) is 0 Å². The van der Waals surface area contributed by atoms with Crippen molar-refractivity contribution in [3.05, 3.63) is 36.0 Å². The van der Waals surface area contributed by atoms with E-state index >= 15 is 0 Å². The van der Waals surface area contributed by atoms with Crippen molar-refractivity contribution in [2.75, 3.05) is 0 Å². The molecule has 1 aromatic heterocycles. The van der Waals surface area contributed by atoms with Crippen molar-refractivity contribution in [1.29, 1.82) is 0 Å². The van der Waals surface area contributed by atoms with E-state index in [-0.39, 0.29) is 31.8 Å². The zero-order chi connectivity index (χ0) is 17.6. The van der Waals surface area contributed by atoms with Crippen LogP contribution in [-0.2, 0) is 16.0 Å². The van der Waals surface area contributed by atoms with Gasteiger partial charge in [0.25, 0.3) is 0 Å². The Balaban J connectivity index is -0.000000424. The Bertz CT molecular complexity index is 682. The number of carboxylic acid groups (broad SMARTS) is 2. The van der Waals surface area contributed by atoms with Gasteiger partial charge in [-0.1, -0.05) is 32.0 Å². The van der Waals surface area contributed by atoms with E-state index in [0.717, 1.165) is 16.5 Å². The maximum absolute atomic E-state index is 10.6. The number of hydrogen-bond acceptors (Lipinski definition) is 4. The van der Waals surface area contributed by atoms with Gasteiger partial charge < -0.3 is 29.5 Å². The van der Waals surface area contributed by atoms with Crippen LogP contribution >= 0.6 is 0 Å². The molecule has 0 bridgehead atoms. The molecule has 24 heavy (non-hydrogen) atoms. The number of fused-ring (bicyclic) bond motifs is 1. The molecule has 0 radical (unpaired) electrons. The summed E-state index contributed by atoms with van der Waals surface area (Å²) >= 11 is 0. The monoisotopic (exact) mass is 347 g/mol. The van der Waals surface area contributed by atoms with Crippen LogP contribution in [0.15, 0.2) is 30.5 Å². The van der Waals surface area contributed by atoms with Gasteiger partial charge >= 0.3 is 35.0 Å². The fraction of sp³-hybridized carbons (Fsp3) is 0.375. The van der Waals surface area contributed by atoms with Gasteiger partial charge in [-0.3, -0.25) is 9.59 Å². The van der Waals surface area contributed by atoms with Gasteiger partial charge in [-0.05, 0) is 17.5 Å². The Morgan fingerprint density at radius 1 is 1.17 bits per heavy atom. The van der Waals surface area contributed by atoms with Gasteiger partial charge in [0.2, 0.25) is 0 Å². The molecule has 0 amide bonds. The van der Waals surface area contributed by atoms with E-state index in [1.165, 1.54) is 0 Å². The molecule has 0 aliphatic rings. The van der Waals surface area contributed by atoms with Crippen LogP contribution in [-0.4, -0.2) is 62.3 Å². The van der Waals surface area contributed by atoms with E-state index in [4.69, 9.17) is 21.7 Å². The second-order valence-electron chi connectivity index (χ2n) is 5.62.